The Morgan fingerprint density at radius 2 is 1.83 bits per heavy atom. The lowest BCUT2D eigenvalue weighted by Gasteiger charge is -2.29. The van der Waals surface area contributed by atoms with Gasteiger partial charge in [0, 0.05) is 24.5 Å². The predicted octanol–water partition coefficient (Wildman–Crippen LogP) is 2.52. The number of amides is 1. The number of nitrogens with one attached hydrogen (secondary N) is 1. The van der Waals surface area contributed by atoms with Crippen molar-refractivity contribution in [1.29, 1.82) is 0 Å². The highest BCUT2D eigenvalue weighted by Crippen LogP contribution is 2.34. The molecule has 3 rings (SSSR count). The second-order valence-electron chi connectivity index (χ2n) is 6.59. The monoisotopic (exact) mass is 402 g/mol. The maximum Gasteiger partial charge on any atom is 0.286 e. The summed E-state index contributed by atoms with van der Waals surface area (Å²) < 4.78 is 16.0. The lowest BCUT2D eigenvalue weighted by molar-refractivity contribution is -0.385. The van der Waals surface area contributed by atoms with Crippen molar-refractivity contribution in [2.75, 3.05) is 14.2 Å². The zero-order chi connectivity index (χ0) is 20.8. The van der Waals surface area contributed by atoms with Crippen LogP contribution >= 0.6 is 0 Å². The maximum atomic E-state index is 12.7. The van der Waals surface area contributed by atoms with Crippen molar-refractivity contribution in [3.05, 3.63) is 46.4 Å². The van der Waals surface area contributed by atoms with Gasteiger partial charge in [-0.3, -0.25) is 19.9 Å². The molecule has 0 saturated heterocycles. The molecule has 1 amide bonds. The summed E-state index contributed by atoms with van der Waals surface area (Å²) in [5.74, 6) is 0.402. The van der Waals surface area contributed by atoms with Crippen LogP contribution in [0.2, 0.25) is 0 Å². The second-order valence-corrected chi connectivity index (χ2v) is 6.59. The fourth-order valence-electron chi connectivity index (χ4n) is 3.31. The molecule has 2 aromatic rings. The minimum Gasteiger partial charge on any atom is -0.493 e. The Kier molecular flexibility index (Phi) is 6.43. The SMILES string of the molecule is COc1cc(C(=O)NC2CCC(Oc3cnccn3)CC2)c([N+](=O)[O-])cc1OC. The van der Waals surface area contributed by atoms with Gasteiger partial charge in [0.05, 0.1) is 31.4 Å². The zero-order valence-electron chi connectivity index (χ0n) is 16.2. The number of nitro groups is 1. The average molecular weight is 402 g/mol. The quantitative estimate of drug-likeness (QED) is 0.553. The van der Waals surface area contributed by atoms with Crippen molar-refractivity contribution in [2.24, 2.45) is 0 Å². The van der Waals surface area contributed by atoms with Crippen LogP contribution in [0.4, 0.5) is 5.69 Å². The Balaban J connectivity index is 1.64. The molecule has 10 nitrogen and oxygen atoms in total. The highest BCUT2D eigenvalue weighted by atomic mass is 16.6. The molecule has 1 aromatic carbocycles. The average Bonchev–Trinajstić information content (AvgIpc) is 2.74. The van der Waals surface area contributed by atoms with Crippen LogP contribution in [0.15, 0.2) is 30.7 Å². The first-order valence-corrected chi connectivity index (χ1v) is 9.15. The highest BCUT2D eigenvalue weighted by molar-refractivity contribution is 5.99. The Bertz CT molecular complexity index is 869. The molecule has 0 unspecified atom stereocenters. The molecule has 1 heterocycles. The molecule has 10 heteroatoms. The summed E-state index contributed by atoms with van der Waals surface area (Å²) in [4.78, 5) is 31.6. The van der Waals surface area contributed by atoms with E-state index in [9.17, 15) is 14.9 Å². The van der Waals surface area contributed by atoms with Gasteiger partial charge in [0.1, 0.15) is 11.7 Å². The molecular formula is C19H22N4O6. The minimum absolute atomic E-state index is 0.00438. The first-order valence-electron chi connectivity index (χ1n) is 9.15. The molecule has 1 saturated carbocycles. The first kappa shape index (κ1) is 20.3. The van der Waals surface area contributed by atoms with Crippen LogP contribution in [0.1, 0.15) is 36.0 Å². The lowest BCUT2D eigenvalue weighted by atomic mass is 9.92. The molecule has 1 aliphatic rings. The Morgan fingerprint density at radius 1 is 1.14 bits per heavy atom. The normalized spacial score (nSPS) is 18.6. The highest BCUT2D eigenvalue weighted by Gasteiger charge is 2.28. The largest absolute Gasteiger partial charge is 0.493 e. The molecule has 0 aliphatic heterocycles. The maximum absolute atomic E-state index is 12.7. The summed E-state index contributed by atoms with van der Waals surface area (Å²) in [5.41, 5.74) is -0.398. The van der Waals surface area contributed by atoms with Crippen molar-refractivity contribution in [1.82, 2.24) is 15.3 Å². The summed E-state index contributed by atoms with van der Waals surface area (Å²) in [7, 11) is 2.78. The molecule has 29 heavy (non-hydrogen) atoms. The van der Waals surface area contributed by atoms with Gasteiger partial charge in [-0.15, -0.1) is 0 Å². The fourth-order valence-corrected chi connectivity index (χ4v) is 3.31. The van der Waals surface area contributed by atoms with Crippen LogP contribution in [0.5, 0.6) is 17.4 Å². The van der Waals surface area contributed by atoms with Gasteiger partial charge in [-0.1, -0.05) is 0 Å². The Hall–Kier alpha value is -3.43. The topological polar surface area (TPSA) is 126 Å². The number of nitrogens with zero attached hydrogens (tertiary/aromatic N) is 3. The van der Waals surface area contributed by atoms with Gasteiger partial charge >= 0.3 is 0 Å². The number of methoxy groups -OCH3 is 2. The molecule has 1 aromatic heterocycles. The van der Waals surface area contributed by atoms with Gasteiger partial charge in [0.2, 0.25) is 5.88 Å². The molecule has 0 bridgehead atoms. The Labute approximate surface area is 167 Å². The van der Waals surface area contributed by atoms with E-state index >= 15 is 0 Å². The van der Waals surface area contributed by atoms with E-state index in [4.69, 9.17) is 14.2 Å². The van der Waals surface area contributed by atoms with E-state index in [2.05, 4.69) is 15.3 Å². The zero-order valence-corrected chi connectivity index (χ0v) is 16.2. The van der Waals surface area contributed by atoms with Crippen LogP contribution in [0, 0.1) is 10.1 Å². The summed E-state index contributed by atoms with van der Waals surface area (Å²) in [5, 5.41) is 14.3. The number of hydrogen-bond donors (Lipinski definition) is 1. The van der Waals surface area contributed by atoms with E-state index in [0.717, 1.165) is 12.8 Å². The van der Waals surface area contributed by atoms with Crippen molar-refractivity contribution >= 4 is 11.6 Å². The van der Waals surface area contributed by atoms with Gasteiger partial charge in [-0.05, 0) is 25.7 Å². The third-order valence-corrected chi connectivity index (χ3v) is 4.78. The smallest absolute Gasteiger partial charge is 0.286 e. The molecule has 1 aliphatic carbocycles. The number of carbonyl (C=O) groups is 1. The van der Waals surface area contributed by atoms with Crippen LogP contribution in [0.3, 0.4) is 0 Å². The number of rotatable bonds is 7. The van der Waals surface area contributed by atoms with E-state index in [1.54, 1.807) is 18.6 Å². The number of carbonyl (C=O) groups excluding carboxylic acids is 1. The Morgan fingerprint density at radius 3 is 2.41 bits per heavy atom. The number of benzene rings is 1. The second kappa shape index (κ2) is 9.18. The van der Waals surface area contributed by atoms with Gasteiger partial charge < -0.3 is 19.5 Å². The van der Waals surface area contributed by atoms with Gasteiger partial charge in [0.25, 0.3) is 11.6 Å². The van der Waals surface area contributed by atoms with E-state index in [0.29, 0.717) is 18.7 Å². The summed E-state index contributed by atoms with van der Waals surface area (Å²) >= 11 is 0. The van der Waals surface area contributed by atoms with Crippen molar-refractivity contribution < 1.29 is 23.9 Å². The molecule has 0 radical (unpaired) electrons. The molecule has 154 valence electrons. The van der Waals surface area contributed by atoms with Crippen molar-refractivity contribution in [2.45, 2.75) is 37.8 Å². The van der Waals surface area contributed by atoms with E-state index in [1.807, 2.05) is 0 Å². The first-order chi connectivity index (χ1) is 14.0. The van der Waals surface area contributed by atoms with Gasteiger partial charge in [-0.2, -0.15) is 0 Å². The third-order valence-electron chi connectivity index (χ3n) is 4.78. The fraction of sp³-hybridized carbons (Fsp3) is 0.421. The molecule has 1 fully saturated rings. The summed E-state index contributed by atoms with van der Waals surface area (Å²) in [6.07, 6.45) is 7.55. The van der Waals surface area contributed by atoms with Crippen LogP contribution in [0.25, 0.3) is 0 Å². The van der Waals surface area contributed by atoms with Crippen LogP contribution in [-0.2, 0) is 0 Å². The molecule has 0 atom stereocenters. The van der Waals surface area contributed by atoms with Crippen LogP contribution < -0.4 is 19.5 Å². The van der Waals surface area contributed by atoms with E-state index in [1.165, 1.54) is 26.4 Å². The summed E-state index contributed by atoms with van der Waals surface area (Å²) in [6, 6.07) is 2.42. The van der Waals surface area contributed by atoms with Gasteiger partial charge in [0.15, 0.2) is 11.5 Å². The molecular weight excluding hydrogens is 380 g/mol. The molecule has 1 N–H and O–H groups in total. The number of ether oxygens (including phenoxy) is 3. The minimum atomic E-state index is -0.609. The lowest BCUT2D eigenvalue weighted by Crippen LogP contribution is -2.40. The van der Waals surface area contributed by atoms with Crippen molar-refractivity contribution in [3.63, 3.8) is 0 Å². The molecule has 0 spiro atoms. The number of nitro benzene ring substituents is 1. The van der Waals surface area contributed by atoms with E-state index < -0.39 is 10.8 Å². The van der Waals surface area contributed by atoms with Gasteiger partial charge in [-0.25, -0.2) is 4.98 Å². The van der Waals surface area contributed by atoms with Crippen molar-refractivity contribution in [3.8, 4) is 17.4 Å². The third kappa shape index (κ3) is 4.89. The number of aromatic nitrogens is 2. The predicted molar refractivity (Wildman–Crippen MR) is 102 cm³/mol. The number of hydrogen-bond acceptors (Lipinski definition) is 8. The summed E-state index contributed by atoms with van der Waals surface area (Å²) in [6.45, 7) is 0. The standard InChI is InChI=1S/C19H22N4O6/c1-27-16-9-14(15(23(25)26)10-17(16)28-2)19(24)22-12-3-5-13(6-4-12)29-18-11-20-7-8-21-18/h7-13H,3-6H2,1-2H3,(H,22,24). The van der Waals surface area contributed by atoms with E-state index in [-0.39, 0.29) is 34.9 Å². The van der Waals surface area contributed by atoms with Crippen LogP contribution in [-0.4, -0.2) is 47.2 Å².